The van der Waals surface area contributed by atoms with Crippen LogP contribution in [0.15, 0.2) is 53.6 Å². The van der Waals surface area contributed by atoms with Crippen molar-refractivity contribution in [3.8, 4) is 0 Å². The van der Waals surface area contributed by atoms with E-state index in [2.05, 4.69) is 9.88 Å². The fourth-order valence-corrected chi connectivity index (χ4v) is 4.21. The van der Waals surface area contributed by atoms with Crippen LogP contribution in [-0.4, -0.2) is 61.0 Å². The van der Waals surface area contributed by atoms with E-state index in [1.54, 1.807) is 11.1 Å². The maximum absolute atomic E-state index is 12.4. The Morgan fingerprint density at radius 3 is 2.35 bits per heavy atom. The van der Waals surface area contributed by atoms with E-state index in [4.69, 9.17) is 11.6 Å². The number of nitrogens with zero attached hydrogens (tertiary/aromatic N) is 3. The number of pyridine rings is 1. The smallest absolute Gasteiger partial charge is 0.238 e. The van der Waals surface area contributed by atoms with Crippen LogP contribution < -0.4 is 0 Å². The van der Waals surface area contributed by atoms with E-state index in [1.807, 2.05) is 18.2 Å². The van der Waals surface area contributed by atoms with Crippen LogP contribution in [0.5, 0.6) is 0 Å². The maximum atomic E-state index is 12.4. The maximum Gasteiger partial charge on any atom is 0.238 e. The highest BCUT2D eigenvalue weighted by atomic mass is 35.5. The summed E-state index contributed by atoms with van der Waals surface area (Å²) in [6, 6.07) is 11.7. The summed E-state index contributed by atoms with van der Waals surface area (Å²) in [6.07, 6.45) is 1.76. The van der Waals surface area contributed by atoms with Gasteiger partial charge in [0.05, 0.1) is 10.6 Å². The third-order valence-corrected chi connectivity index (χ3v) is 6.19. The van der Waals surface area contributed by atoms with Crippen LogP contribution in [0.25, 0.3) is 0 Å². The van der Waals surface area contributed by atoms with E-state index in [9.17, 15) is 13.2 Å². The summed E-state index contributed by atoms with van der Waals surface area (Å²) >= 11 is 5.78. The van der Waals surface area contributed by atoms with Gasteiger partial charge < -0.3 is 4.90 Å². The summed E-state index contributed by atoms with van der Waals surface area (Å²) < 4.78 is 24.8. The Balaban J connectivity index is 1.54. The monoisotopic (exact) mass is 393 g/mol. The minimum absolute atomic E-state index is 0.115. The van der Waals surface area contributed by atoms with E-state index in [-0.39, 0.29) is 10.8 Å². The number of rotatable bonds is 5. The van der Waals surface area contributed by atoms with Crippen molar-refractivity contribution in [1.82, 2.24) is 14.8 Å². The van der Waals surface area contributed by atoms with E-state index in [1.165, 1.54) is 24.3 Å². The number of amides is 1. The van der Waals surface area contributed by atoms with Crippen LogP contribution in [0.3, 0.4) is 0 Å². The second-order valence-electron chi connectivity index (χ2n) is 6.19. The molecule has 1 fully saturated rings. The van der Waals surface area contributed by atoms with Gasteiger partial charge in [-0.1, -0.05) is 17.7 Å². The highest BCUT2D eigenvalue weighted by Crippen LogP contribution is 2.16. The average Bonchev–Trinajstić information content (AvgIpc) is 2.63. The topological polar surface area (TPSA) is 70.6 Å². The molecule has 3 rings (SSSR count). The first kappa shape index (κ1) is 18.8. The Morgan fingerprint density at radius 1 is 1.04 bits per heavy atom. The molecule has 1 aromatic heterocycles. The number of halogens is 1. The molecule has 6 nitrogen and oxygen atoms in total. The molecule has 2 aromatic rings. The second kappa shape index (κ2) is 8.16. The molecule has 1 amide bonds. The van der Waals surface area contributed by atoms with Crippen molar-refractivity contribution in [3.05, 3.63) is 59.4 Å². The van der Waals surface area contributed by atoms with Crippen LogP contribution in [0, 0.1) is 0 Å². The van der Waals surface area contributed by atoms with Crippen molar-refractivity contribution < 1.29 is 13.2 Å². The minimum atomic E-state index is -3.66. The molecule has 1 aliphatic heterocycles. The van der Waals surface area contributed by atoms with Gasteiger partial charge in [0.1, 0.15) is 5.75 Å². The van der Waals surface area contributed by atoms with Gasteiger partial charge in [0.2, 0.25) is 5.91 Å². The van der Waals surface area contributed by atoms with Crippen LogP contribution in [0.1, 0.15) is 5.69 Å². The van der Waals surface area contributed by atoms with E-state index in [0.29, 0.717) is 31.2 Å². The fourth-order valence-electron chi connectivity index (χ4n) is 2.86. The Hall–Kier alpha value is -1.96. The van der Waals surface area contributed by atoms with E-state index in [0.717, 1.165) is 12.2 Å². The molecule has 0 N–H and O–H groups in total. The molecule has 1 aliphatic rings. The predicted molar refractivity (Wildman–Crippen MR) is 99.6 cm³/mol. The number of benzene rings is 1. The molecule has 0 unspecified atom stereocenters. The van der Waals surface area contributed by atoms with Crippen molar-refractivity contribution in [1.29, 1.82) is 0 Å². The first-order valence-electron chi connectivity index (χ1n) is 8.32. The summed E-state index contributed by atoms with van der Waals surface area (Å²) in [5, 5.41) is 0.458. The molecular weight excluding hydrogens is 374 g/mol. The molecule has 138 valence electrons. The van der Waals surface area contributed by atoms with Gasteiger partial charge in [-0.25, -0.2) is 8.42 Å². The van der Waals surface area contributed by atoms with Crippen molar-refractivity contribution in [2.45, 2.75) is 11.4 Å². The third kappa shape index (κ3) is 4.81. The number of sulfone groups is 1. The molecule has 2 heterocycles. The average molecular weight is 394 g/mol. The minimum Gasteiger partial charge on any atom is -0.339 e. The SMILES string of the molecule is O=C(CS(=O)(=O)c1ccc(Cl)cc1)N1CCN(Cc2ccccn2)CC1. The van der Waals surface area contributed by atoms with Crippen molar-refractivity contribution in [3.63, 3.8) is 0 Å². The molecule has 1 aromatic carbocycles. The molecule has 0 atom stereocenters. The number of piperazine rings is 1. The molecular formula is C18H20ClN3O3S. The zero-order valence-electron chi connectivity index (χ0n) is 14.2. The van der Waals surface area contributed by atoms with Gasteiger partial charge in [0.15, 0.2) is 9.84 Å². The van der Waals surface area contributed by atoms with Crippen LogP contribution in [0.4, 0.5) is 0 Å². The highest BCUT2D eigenvalue weighted by molar-refractivity contribution is 7.92. The number of carbonyl (C=O) groups excluding carboxylic acids is 1. The molecule has 0 bridgehead atoms. The molecule has 8 heteroatoms. The normalized spacial score (nSPS) is 15.8. The molecule has 26 heavy (non-hydrogen) atoms. The number of hydrogen-bond acceptors (Lipinski definition) is 5. The largest absolute Gasteiger partial charge is 0.339 e. The number of hydrogen-bond donors (Lipinski definition) is 0. The van der Waals surface area contributed by atoms with Gasteiger partial charge in [-0.15, -0.1) is 0 Å². The van der Waals surface area contributed by atoms with E-state index >= 15 is 0 Å². The molecule has 0 aliphatic carbocycles. The summed E-state index contributed by atoms with van der Waals surface area (Å²) in [5.41, 5.74) is 0.984. The predicted octanol–water partition coefficient (Wildman–Crippen LogP) is 1.85. The van der Waals surface area contributed by atoms with Crippen LogP contribution in [0.2, 0.25) is 5.02 Å². The van der Waals surface area contributed by atoms with Gasteiger partial charge in [0, 0.05) is 43.9 Å². The lowest BCUT2D eigenvalue weighted by Gasteiger charge is -2.34. The zero-order valence-corrected chi connectivity index (χ0v) is 15.8. The second-order valence-corrected chi connectivity index (χ2v) is 8.62. The molecule has 1 saturated heterocycles. The van der Waals surface area contributed by atoms with Crippen molar-refractivity contribution in [2.24, 2.45) is 0 Å². The van der Waals surface area contributed by atoms with Crippen molar-refractivity contribution >= 4 is 27.3 Å². The first-order valence-corrected chi connectivity index (χ1v) is 10.4. The van der Waals surface area contributed by atoms with E-state index < -0.39 is 15.6 Å². The lowest BCUT2D eigenvalue weighted by atomic mass is 10.2. The van der Waals surface area contributed by atoms with Gasteiger partial charge in [-0.2, -0.15) is 0 Å². The zero-order chi connectivity index (χ0) is 18.6. The quantitative estimate of drug-likeness (QED) is 0.775. The van der Waals surface area contributed by atoms with Crippen LogP contribution in [-0.2, 0) is 21.2 Å². The summed E-state index contributed by atoms with van der Waals surface area (Å²) in [4.78, 5) is 20.6. The Bertz CT molecular complexity index is 849. The Morgan fingerprint density at radius 2 is 1.73 bits per heavy atom. The number of carbonyl (C=O) groups is 1. The van der Waals surface area contributed by atoms with Gasteiger partial charge in [0.25, 0.3) is 0 Å². The molecule has 0 spiro atoms. The Kier molecular flexibility index (Phi) is 5.90. The van der Waals surface area contributed by atoms with Crippen LogP contribution >= 0.6 is 11.6 Å². The first-order chi connectivity index (χ1) is 12.4. The Labute approximate surface area is 158 Å². The lowest BCUT2D eigenvalue weighted by Crippen LogP contribution is -2.49. The van der Waals surface area contributed by atoms with Crippen molar-refractivity contribution in [2.75, 3.05) is 31.9 Å². The van der Waals surface area contributed by atoms with Gasteiger partial charge in [-0.3, -0.25) is 14.7 Å². The van der Waals surface area contributed by atoms with Gasteiger partial charge in [-0.05, 0) is 36.4 Å². The molecule has 0 saturated carbocycles. The summed E-state index contributed by atoms with van der Waals surface area (Å²) in [5.74, 6) is -0.882. The standard InChI is InChI=1S/C18H20ClN3O3S/c19-15-4-6-17(7-5-15)26(24,25)14-18(23)22-11-9-21(10-12-22)13-16-3-1-2-8-20-16/h1-8H,9-14H2. The number of aromatic nitrogens is 1. The molecule has 0 radical (unpaired) electrons. The highest BCUT2D eigenvalue weighted by Gasteiger charge is 2.26. The summed E-state index contributed by atoms with van der Waals surface area (Å²) in [6.45, 7) is 3.15. The van der Waals surface area contributed by atoms with Gasteiger partial charge >= 0.3 is 0 Å². The third-order valence-electron chi connectivity index (χ3n) is 4.32. The summed E-state index contributed by atoms with van der Waals surface area (Å²) in [7, 11) is -3.66. The fraction of sp³-hybridized carbons (Fsp3) is 0.333. The lowest BCUT2D eigenvalue weighted by molar-refractivity contribution is -0.130.